The van der Waals surface area contributed by atoms with Crippen molar-refractivity contribution in [2.75, 3.05) is 6.61 Å². The highest BCUT2D eigenvalue weighted by atomic mass is 16.5. The third kappa shape index (κ3) is 5.38. The Morgan fingerprint density at radius 3 is 2.29 bits per heavy atom. The predicted octanol–water partition coefficient (Wildman–Crippen LogP) is 6.36. The van der Waals surface area contributed by atoms with Gasteiger partial charge in [-0.15, -0.1) is 0 Å². The molecule has 28 heavy (non-hydrogen) atoms. The van der Waals surface area contributed by atoms with E-state index in [2.05, 4.69) is 87.6 Å². The minimum absolute atomic E-state index is 0.155. The van der Waals surface area contributed by atoms with Gasteiger partial charge in [0.2, 0.25) is 0 Å². The van der Waals surface area contributed by atoms with Gasteiger partial charge in [0.05, 0.1) is 6.61 Å². The van der Waals surface area contributed by atoms with Crippen molar-refractivity contribution in [2.24, 2.45) is 5.92 Å². The van der Waals surface area contributed by atoms with E-state index in [0.29, 0.717) is 18.4 Å². The molecule has 2 nitrogen and oxygen atoms in total. The molecule has 0 spiro atoms. The van der Waals surface area contributed by atoms with E-state index < -0.39 is 0 Å². The van der Waals surface area contributed by atoms with Gasteiger partial charge in [0.15, 0.2) is 0 Å². The Morgan fingerprint density at radius 1 is 1.00 bits per heavy atom. The second kappa shape index (κ2) is 8.69. The molecule has 3 rings (SSSR count). The van der Waals surface area contributed by atoms with Crippen LogP contribution in [0.15, 0.2) is 54.6 Å². The average molecular weight is 380 g/mol. The Balaban J connectivity index is 1.82. The fraction of sp³-hybridized carbons (Fsp3) is 0.538. The van der Waals surface area contributed by atoms with E-state index in [1.54, 1.807) is 0 Å². The number of hydrogen-bond donors (Lipinski definition) is 1. The van der Waals surface area contributed by atoms with Gasteiger partial charge in [-0.3, -0.25) is 0 Å². The molecular weight excluding hydrogens is 342 g/mol. The van der Waals surface area contributed by atoms with Gasteiger partial charge >= 0.3 is 0 Å². The molecule has 0 saturated carbocycles. The van der Waals surface area contributed by atoms with Crippen molar-refractivity contribution in [1.82, 2.24) is 5.32 Å². The molecule has 2 atom stereocenters. The minimum Gasteiger partial charge on any atom is -0.494 e. The third-order valence-electron chi connectivity index (χ3n) is 6.36. The normalized spacial score (nSPS) is 21.8. The maximum Gasteiger partial charge on any atom is 0.119 e. The van der Waals surface area contributed by atoms with Crippen LogP contribution in [-0.2, 0) is 6.42 Å². The molecule has 1 fully saturated rings. The highest BCUT2D eigenvalue weighted by Gasteiger charge is 2.40. The van der Waals surface area contributed by atoms with Crippen LogP contribution in [0.2, 0.25) is 0 Å². The van der Waals surface area contributed by atoms with Gasteiger partial charge in [-0.1, -0.05) is 42.5 Å². The smallest absolute Gasteiger partial charge is 0.119 e. The average Bonchev–Trinajstić information content (AvgIpc) is 2.64. The molecule has 0 bridgehead atoms. The van der Waals surface area contributed by atoms with Crippen LogP contribution in [0.4, 0.5) is 0 Å². The van der Waals surface area contributed by atoms with Gasteiger partial charge in [-0.2, -0.15) is 0 Å². The molecule has 0 aliphatic carbocycles. The molecule has 2 aromatic rings. The maximum atomic E-state index is 5.65. The van der Waals surface area contributed by atoms with Crippen LogP contribution in [-0.4, -0.2) is 17.7 Å². The molecule has 1 N–H and O–H groups in total. The van der Waals surface area contributed by atoms with Gasteiger partial charge < -0.3 is 10.1 Å². The highest BCUT2D eigenvalue weighted by molar-refractivity contribution is 5.31. The number of piperidine rings is 1. The summed E-state index contributed by atoms with van der Waals surface area (Å²) >= 11 is 0. The highest BCUT2D eigenvalue weighted by Crippen LogP contribution is 2.40. The van der Waals surface area contributed by atoms with Crippen molar-refractivity contribution in [3.05, 3.63) is 65.7 Å². The molecule has 152 valence electrons. The second-order valence-corrected chi connectivity index (χ2v) is 9.59. The van der Waals surface area contributed by atoms with Crippen LogP contribution >= 0.6 is 0 Å². The fourth-order valence-electron chi connectivity index (χ4n) is 4.93. The van der Waals surface area contributed by atoms with E-state index in [9.17, 15) is 0 Å². The van der Waals surface area contributed by atoms with Gasteiger partial charge in [-0.25, -0.2) is 0 Å². The first-order chi connectivity index (χ1) is 13.3. The molecule has 2 aromatic carbocycles. The minimum atomic E-state index is 0.155. The lowest BCUT2D eigenvalue weighted by molar-refractivity contribution is 0.100. The summed E-state index contributed by atoms with van der Waals surface area (Å²) in [5, 5.41) is 3.91. The number of rotatable bonds is 7. The second-order valence-electron chi connectivity index (χ2n) is 9.59. The Bertz CT molecular complexity index is 733. The molecule has 1 heterocycles. The van der Waals surface area contributed by atoms with Crippen molar-refractivity contribution in [2.45, 2.75) is 77.3 Å². The van der Waals surface area contributed by atoms with E-state index in [1.807, 2.05) is 6.92 Å². The summed E-state index contributed by atoms with van der Waals surface area (Å²) in [4.78, 5) is 0. The van der Waals surface area contributed by atoms with E-state index >= 15 is 0 Å². The van der Waals surface area contributed by atoms with Crippen molar-refractivity contribution >= 4 is 0 Å². The van der Waals surface area contributed by atoms with Crippen molar-refractivity contribution < 1.29 is 4.74 Å². The molecule has 1 aliphatic heterocycles. The van der Waals surface area contributed by atoms with E-state index in [0.717, 1.165) is 12.2 Å². The Morgan fingerprint density at radius 2 is 1.68 bits per heavy atom. The molecule has 0 aromatic heterocycles. The molecule has 1 saturated heterocycles. The van der Waals surface area contributed by atoms with Gasteiger partial charge in [0, 0.05) is 11.1 Å². The Labute approximate surface area is 171 Å². The van der Waals surface area contributed by atoms with Crippen LogP contribution in [0.3, 0.4) is 0 Å². The van der Waals surface area contributed by atoms with Crippen molar-refractivity contribution in [3.8, 4) is 5.75 Å². The van der Waals surface area contributed by atoms with Crippen LogP contribution in [0.1, 0.15) is 70.9 Å². The monoisotopic (exact) mass is 379 g/mol. The van der Waals surface area contributed by atoms with Gasteiger partial charge in [0.1, 0.15) is 5.75 Å². The summed E-state index contributed by atoms with van der Waals surface area (Å²) in [6, 6.07) is 19.7. The van der Waals surface area contributed by atoms with Crippen LogP contribution < -0.4 is 10.1 Å². The molecule has 1 aliphatic rings. The Hall–Kier alpha value is -1.80. The summed E-state index contributed by atoms with van der Waals surface area (Å²) in [5.41, 5.74) is 3.23. The van der Waals surface area contributed by atoms with Crippen molar-refractivity contribution in [1.29, 1.82) is 0 Å². The number of benzene rings is 2. The fourth-order valence-corrected chi connectivity index (χ4v) is 4.93. The zero-order valence-corrected chi connectivity index (χ0v) is 18.3. The van der Waals surface area contributed by atoms with E-state index in [1.165, 1.54) is 30.4 Å². The molecule has 0 radical (unpaired) electrons. The Kier molecular flexibility index (Phi) is 6.50. The lowest BCUT2D eigenvalue weighted by Gasteiger charge is -2.49. The van der Waals surface area contributed by atoms with Crippen molar-refractivity contribution in [3.63, 3.8) is 0 Å². The van der Waals surface area contributed by atoms with Crippen LogP contribution in [0.25, 0.3) is 0 Å². The molecule has 2 heteroatoms. The lowest BCUT2D eigenvalue weighted by atomic mass is 9.69. The SMILES string of the molecule is CCOc1ccc(C(Cc2ccccc2)CC2CCC(C)(C)NC2(C)C)cc1. The first-order valence-corrected chi connectivity index (χ1v) is 10.8. The largest absolute Gasteiger partial charge is 0.494 e. The number of ether oxygens (including phenoxy) is 1. The quantitative estimate of drug-likeness (QED) is 0.604. The molecule has 2 unspecified atom stereocenters. The summed E-state index contributed by atoms with van der Waals surface area (Å²) in [5.74, 6) is 2.15. The van der Waals surface area contributed by atoms with Crippen LogP contribution in [0, 0.1) is 5.92 Å². The van der Waals surface area contributed by atoms with Gasteiger partial charge in [-0.05, 0) is 95.4 Å². The summed E-state index contributed by atoms with van der Waals surface area (Å²) in [7, 11) is 0. The lowest BCUT2D eigenvalue weighted by Crippen LogP contribution is -2.60. The number of hydrogen-bond acceptors (Lipinski definition) is 2. The maximum absolute atomic E-state index is 5.65. The van der Waals surface area contributed by atoms with Gasteiger partial charge in [0.25, 0.3) is 0 Å². The topological polar surface area (TPSA) is 21.3 Å². The van der Waals surface area contributed by atoms with E-state index in [-0.39, 0.29) is 11.1 Å². The van der Waals surface area contributed by atoms with E-state index in [4.69, 9.17) is 4.74 Å². The first-order valence-electron chi connectivity index (χ1n) is 10.8. The number of nitrogens with one attached hydrogen (secondary N) is 1. The summed E-state index contributed by atoms with van der Waals surface area (Å²) in [6.45, 7) is 12.2. The molecule has 0 amide bonds. The standard InChI is InChI=1S/C26H37NO/c1-6-28-24-14-12-21(13-15-24)22(18-20-10-8-7-9-11-20)19-23-16-17-25(2,3)27-26(23,4)5/h7-15,22-23,27H,6,16-19H2,1-5H3. The predicted molar refractivity (Wildman–Crippen MR) is 119 cm³/mol. The molecular formula is C26H37NO. The first kappa shape index (κ1) is 20.9. The zero-order valence-electron chi connectivity index (χ0n) is 18.3. The van der Waals surface area contributed by atoms with Crippen LogP contribution in [0.5, 0.6) is 5.75 Å². The zero-order chi connectivity index (χ0) is 20.2. The summed E-state index contributed by atoms with van der Waals surface area (Å²) in [6.07, 6.45) is 4.82. The third-order valence-corrected chi connectivity index (χ3v) is 6.36. The summed E-state index contributed by atoms with van der Waals surface area (Å²) < 4.78 is 5.65.